The predicted octanol–water partition coefficient (Wildman–Crippen LogP) is 5.21. The zero-order chi connectivity index (χ0) is 19.8. The van der Waals surface area contributed by atoms with Crippen molar-refractivity contribution >= 4 is 63.9 Å². The highest BCUT2D eigenvalue weighted by molar-refractivity contribution is 14.1. The Morgan fingerprint density at radius 1 is 0.852 bits per heavy atom. The van der Waals surface area contributed by atoms with Gasteiger partial charge in [-0.3, -0.25) is 0 Å². The van der Waals surface area contributed by atoms with Gasteiger partial charge in [-0.05, 0) is 21.8 Å². The molecule has 2 aromatic rings. The maximum absolute atomic E-state index is 6.99. The normalized spacial score (nSPS) is 13.5. The van der Waals surface area contributed by atoms with Crippen molar-refractivity contribution in [1.82, 2.24) is 0 Å². The third-order valence-corrected chi connectivity index (χ3v) is 10.8. The van der Waals surface area contributed by atoms with Crippen molar-refractivity contribution in [3.63, 3.8) is 0 Å². The first-order valence-corrected chi connectivity index (χ1v) is 14.4. The largest absolute Gasteiger partial charge is 0.405 e. The van der Waals surface area contributed by atoms with Crippen LogP contribution in [0.25, 0.3) is 0 Å². The van der Waals surface area contributed by atoms with Crippen molar-refractivity contribution in [2.75, 3.05) is 22.1 Å². The van der Waals surface area contributed by atoms with Crippen molar-refractivity contribution in [3.8, 4) is 0 Å². The summed E-state index contributed by atoms with van der Waals surface area (Å²) < 4.78 is 15.2. The Balaban J connectivity index is 2.45. The van der Waals surface area contributed by atoms with Crippen molar-refractivity contribution in [3.05, 3.63) is 60.7 Å². The molecule has 2 aromatic carbocycles. The van der Waals surface area contributed by atoms with E-state index in [0.717, 1.165) is 21.9 Å². The number of rotatable bonds is 10. The van der Waals surface area contributed by atoms with Gasteiger partial charge in [0.15, 0.2) is 0 Å². The van der Waals surface area contributed by atoms with Crippen LogP contribution >= 0.6 is 45.2 Å². The summed E-state index contributed by atoms with van der Waals surface area (Å²) in [5, 5.41) is 2.66. The molecule has 0 aliphatic heterocycles. The van der Waals surface area contributed by atoms with Gasteiger partial charge in [0.2, 0.25) is 0 Å². The smallest absolute Gasteiger partial charge is 0.261 e. The zero-order valence-electron chi connectivity index (χ0n) is 16.5. The van der Waals surface area contributed by atoms with Crippen molar-refractivity contribution in [2.24, 2.45) is 0 Å². The molecule has 27 heavy (non-hydrogen) atoms. The summed E-state index contributed by atoms with van der Waals surface area (Å²) in [4.78, 5) is 0. The molecule has 0 amide bonds. The minimum atomic E-state index is -2.46. The quantitative estimate of drug-likeness (QED) is 0.210. The first-order valence-electron chi connectivity index (χ1n) is 9.44. The lowest BCUT2D eigenvalue weighted by Crippen LogP contribution is -2.67. The summed E-state index contributed by atoms with van der Waals surface area (Å²) in [6, 6.07) is 21.6. The number of benzene rings is 2. The number of hydrogen-bond acceptors (Lipinski definition) is 2. The molecule has 0 fully saturated rings. The third-order valence-electron chi connectivity index (χ3n) is 4.76. The number of hydrogen-bond donors (Lipinski definition) is 0. The molecule has 0 heterocycles. The Hall–Kier alpha value is 0.0369. The van der Waals surface area contributed by atoms with Crippen LogP contribution in [0.2, 0.25) is 5.04 Å². The molecule has 0 saturated carbocycles. The molecule has 1 unspecified atom stereocenters. The van der Waals surface area contributed by atoms with Gasteiger partial charge in [0.25, 0.3) is 8.32 Å². The van der Waals surface area contributed by atoms with Gasteiger partial charge in [0.1, 0.15) is 0 Å². The Morgan fingerprint density at radius 3 is 1.78 bits per heavy atom. The highest BCUT2D eigenvalue weighted by Crippen LogP contribution is 2.37. The van der Waals surface area contributed by atoms with E-state index in [-0.39, 0.29) is 11.1 Å². The summed E-state index contributed by atoms with van der Waals surface area (Å²) in [5.74, 6) is 0. The van der Waals surface area contributed by atoms with E-state index in [1.807, 2.05) is 0 Å². The average molecular weight is 608 g/mol. The van der Waals surface area contributed by atoms with E-state index in [4.69, 9.17) is 9.16 Å². The molecule has 1 atom stereocenters. The molecular formula is C22H30I2O2Si. The maximum Gasteiger partial charge on any atom is 0.261 e. The fraction of sp³-hybridized carbons (Fsp3) is 0.455. The number of halogens is 2. The van der Waals surface area contributed by atoms with Gasteiger partial charge in [-0.1, -0.05) is 127 Å². The van der Waals surface area contributed by atoms with E-state index in [1.54, 1.807) is 0 Å². The van der Waals surface area contributed by atoms with E-state index >= 15 is 0 Å². The molecular weight excluding hydrogens is 578 g/mol. The second kappa shape index (κ2) is 11.3. The Labute approximate surface area is 192 Å². The van der Waals surface area contributed by atoms with Crippen LogP contribution < -0.4 is 10.4 Å². The lowest BCUT2D eigenvalue weighted by atomic mass is 10.2. The van der Waals surface area contributed by atoms with Crippen LogP contribution in [0.4, 0.5) is 0 Å². The molecule has 0 radical (unpaired) electrons. The van der Waals surface area contributed by atoms with Crippen LogP contribution in [-0.2, 0) is 9.16 Å². The second-order valence-electron chi connectivity index (χ2n) is 7.63. The molecule has 0 aliphatic rings. The summed E-state index contributed by atoms with van der Waals surface area (Å²) in [6.45, 7) is 8.38. The fourth-order valence-electron chi connectivity index (χ4n) is 3.53. The van der Waals surface area contributed by atoms with E-state index in [0.29, 0.717) is 6.61 Å². The van der Waals surface area contributed by atoms with Crippen LogP contribution in [0, 0.1) is 0 Å². The number of ether oxygens (including phenoxy) is 1. The van der Waals surface area contributed by atoms with Gasteiger partial charge >= 0.3 is 0 Å². The second-order valence-corrected chi connectivity index (χ2v) is 14.1. The highest BCUT2D eigenvalue weighted by Gasteiger charge is 2.50. The molecule has 0 spiro atoms. The molecule has 0 saturated heterocycles. The van der Waals surface area contributed by atoms with Gasteiger partial charge in [-0.2, -0.15) is 0 Å². The average Bonchev–Trinajstić information content (AvgIpc) is 2.67. The molecule has 5 heteroatoms. The lowest BCUT2D eigenvalue weighted by molar-refractivity contribution is 0.0263. The van der Waals surface area contributed by atoms with Gasteiger partial charge < -0.3 is 9.16 Å². The van der Waals surface area contributed by atoms with Crippen LogP contribution in [0.1, 0.15) is 27.2 Å². The fourth-order valence-corrected chi connectivity index (χ4v) is 9.07. The number of alkyl halides is 2. The Kier molecular flexibility index (Phi) is 9.74. The van der Waals surface area contributed by atoms with Gasteiger partial charge in [-0.25, -0.2) is 0 Å². The predicted molar refractivity (Wildman–Crippen MR) is 136 cm³/mol. The van der Waals surface area contributed by atoms with Crippen molar-refractivity contribution in [1.29, 1.82) is 0 Å². The monoisotopic (exact) mass is 608 g/mol. The maximum atomic E-state index is 6.99. The Morgan fingerprint density at radius 2 is 1.37 bits per heavy atom. The highest BCUT2D eigenvalue weighted by atomic mass is 127. The van der Waals surface area contributed by atoms with Crippen LogP contribution in [0.5, 0.6) is 0 Å². The van der Waals surface area contributed by atoms with Gasteiger partial charge in [0.05, 0.1) is 19.3 Å². The minimum absolute atomic E-state index is 0.00778. The van der Waals surface area contributed by atoms with Crippen molar-refractivity contribution < 1.29 is 9.16 Å². The van der Waals surface area contributed by atoms with Crippen LogP contribution in [0.15, 0.2) is 60.7 Å². The van der Waals surface area contributed by atoms with Crippen LogP contribution in [0.3, 0.4) is 0 Å². The van der Waals surface area contributed by atoms with E-state index in [1.165, 1.54) is 10.4 Å². The molecule has 0 aromatic heterocycles. The summed E-state index contributed by atoms with van der Waals surface area (Å²) >= 11 is 4.79. The van der Waals surface area contributed by atoms with Gasteiger partial charge in [-0.15, -0.1) is 0 Å². The summed E-state index contributed by atoms with van der Waals surface area (Å²) in [7, 11) is -2.46. The van der Waals surface area contributed by atoms with Crippen molar-refractivity contribution in [2.45, 2.75) is 38.3 Å². The molecule has 2 nitrogen and oxygen atoms in total. The van der Waals surface area contributed by atoms with E-state index < -0.39 is 8.32 Å². The minimum Gasteiger partial charge on any atom is -0.405 e. The van der Waals surface area contributed by atoms with Gasteiger partial charge in [0, 0.05) is 8.86 Å². The summed E-state index contributed by atoms with van der Waals surface area (Å²) in [5.41, 5.74) is 0. The van der Waals surface area contributed by atoms with E-state index in [2.05, 4.69) is 127 Å². The third kappa shape index (κ3) is 6.01. The topological polar surface area (TPSA) is 18.5 Å². The molecule has 0 aliphatic carbocycles. The molecule has 0 N–H and O–H groups in total. The van der Waals surface area contributed by atoms with E-state index in [9.17, 15) is 0 Å². The zero-order valence-corrected chi connectivity index (χ0v) is 21.8. The lowest BCUT2D eigenvalue weighted by Gasteiger charge is -2.43. The standard InChI is InChI=1S/C22H30I2O2Si/c1-22(2,3)27(20-10-6-4-7-11-20,21-12-8-5-9-13-21)26-18-19(14-15-23)25-17-16-24/h4-13,19H,14-18H2,1-3H3. The SMILES string of the molecule is CC(C)(C)[Si](OCC(CCI)OCCI)(c1ccccc1)c1ccccc1. The molecule has 0 bridgehead atoms. The molecule has 148 valence electrons. The Bertz CT molecular complexity index is 620. The molecule has 2 rings (SSSR count). The first-order chi connectivity index (χ1) is 13.0. The first kappa shape index (κ1) is 23.3. The van der Waals surface area contributed by atoms with Crippen LogP contribution in [-0.4, -0.2) is 36.5 Å². The summed E-state index contributed by atoms with van der Waals surface area (Å²) in [6.07, 6.45) is 1.17.